The molecule has 110 valence electrons. The van der Waals surface area contributed by atoms with Gasteiger partial charge in [0, 0.05) is 17.5 Å². The molecule has 0 amide bonds. The van der Waals surface area contributed by atoms with E-state index in [1.165, 1.54) is 0 Å². The molecule has 1 atom stereocenters. The van der Waals surface area contributed by atoms with Crippen molar-refractivity contribution in [1.29, 1.82) is 0 Å². The van der Waals surface area contributed by atoms with Gasteiger partial charge >= 0.3 is 0 Å². The molecular weight excluding hydrogens is 250 g/mol. The number of benzene rings is 1. The first kappa shape index (κ1) is 15.0. The first-order valence-corrected chi connectivity index (χ1v) is 7.53. The Balaban J connectivity index is 2.32. The number of rotatable bonds is 5. The lowest BCUT2D eigenvalue weighted by Crippen LogP contribution is -2.45. The molecule has 1 fully saturated rings. The van der Waals surface area contributed by atoms with Gasteiger partial charge in [-0.15, -0.1) is 0 Å². The topological polar surface area (TPSA) is 38.3 Å². The number of carbonyl (C=O) groups excluding carboxylic acids is 1. The van der Waals surface area contributed by atoms with E-state index in [4.69, 9.17) is 4.74 Å². The average Bonchev–Trinajstić information content (AvgIpc) is 2.47. The third-order valence-electron chi connectivity index (χ3n) is 4.36. The second-order valence-electron chi connectivity index (χ2n) is 5.82. The molecule has 20 heavy (non-hydrogen) atoms. The van der Waals surface area contributed by atoms with E-state index >= 15 is 0 Å². The number of ketones is 1. The second kappa shape index (κ2) is 6.40. The fraction of sp³-hybridized carbons (Fsp3) is 0.588. The third-order valence-corrected chi connectivity index (χ3v) is 4.36. The highest BCUT2D eigenvalue weighted by Gasteiger charge is 2.39. The quantitative estimate of drug-likeness (QED) is 0.837. The Morgan fingerprint density at radius 1 is 1.45 bits per heavy atom. The van der Waals surface area contributed by atoms with Gasteiger partial charge in [-0.25, -0.2) is 0 Å². The van der Waals surface area contributed by atoms with Crippen LogP contribution in [0.1, 0.15) is 48.5 Å². The standard InChI is InChI=1S/C17H25NO2/c1-4-8-17(9-5-10-18-12-17)16(19)15-7-6-14(20-3)11-13(15)2/h6-7,11,18H,4-5,8-10,12H2,1-3H3. The van der Waals surface area contributed by atoms with Crippen molar-refractivity contribution in [3.63, 3.8) is 0 Å². The van der Waals surface area contributed by atoms with Gasteiger partial charge < -0.3 is 10.1 Å². The Bertz CT molecular complexity index is 470. The van der Waals surface area contributed by atoms with Gasteiger partial charge in [0.1, 0.15) is 5.75 Å². The van der Waals surface area contributed by atoms with Gasteiger partial charge in [-0.3, -0.25) is 4.79 Å². The van der Waals surface area contributed by atoms with Crippen LogP contribution in [0, 0.1) is 12.3 Å². The Labute approximate surface area is 121 Å². The summed E-state index contributed by atoms with van der Waals surface area (Å²) in [6.45, 7) is 5.99. The fourth-order valence-electron chi connectivity index (χ4n) is 3.27. The molecule has 0 spiro atoms. The summed E-state index contributed by atoms with van der Waals surface area (Å²) in [6.07, 6.45) is 4.09. The highest BCUT2D eigenvalue weighted by molar-refractivity contribution is 6.02. The van der Waals surface area contributed by atoms with E-state index in [1.54, 1.807) is 7.11 Å². The van der Waals surface area contributed by atoms with Crippen LogP contribution >= 0.6 is 0 Å². The first-order valence-electron chi connectivity index (χ1n) is 7.53. The summed E-state index contributed by atoms with van der Waals surface area (Å²) >= 11 is 0. The van der Waals surface area contributed by atoms with E-state index in [2.05, 4.69) is 12.2 Å². The molecule has 0 bridgehead atoms. The molecular formula is C17H25NO2. The van der Waals surface area contributed by atoms with Crippen molar-refractivity contribution in [2.24, 2.45) is 5.41 Å². The lowest BCUT2D eigenvalue weighted by molar-refractivity contribution is 0.0717. The number of Topliss-reactive ketones (excluding diaryl/α,β-unsaturated/α-hetero) is 1. The summed E-state index contributed by atoms with van der Waals surface area (Å²) in [6, 6.07) is 5.75. The Morgan fingerprint density at radius 2 is 2.25 bits per heavy atom. The Kier molecular flexibility index (Phi) is 4.81. The van der Waals surface area contributed by atoms with Crippen molar-refractivity contribution in [1.82, 2.24) is 5.32 Å². The van der Waals surface area contributed by atoms with Gasteiger partial charge in [-0.05, 0) is 56.5 Å². The molecule has 3 heteroatoms. The van der Waals surface area contributed by atoms with Crippen LogP contribution in [0.3, 0.4) is 0 Å². The lowest BCUT2D eigenvalue weighted by Gasteiger charge is -2.36. The maximum atomic E-state index is 13.1. The van der Waals surface area contributed by atoms with Crippen LogP contribution in [0.25, 0.3) is 0 Å². The van der Waals surface area contributed by atoms with E-state index < -0.39 is 0 Å². The van der Waals surface area contributed by atoms with E-state index in [9.17, 15) is 4.79 Å². The lowest BCUT2D eigenvalue weighted by atomic mass is 9.71. The second-order valence-corrected chi connectivity index (χ2v) is 5.82. The van der Waals surface area contributed by atoms with E-state index in [0.717, 1.165) is 55.6 Å². The van der Waals surface area contributed by atoms with Crippen LogP contribution in [0.15, 0.2) is 18.2 Å². The Hall–Kier alpha value is -1.35. The minimum atomic E-state index is -0.216. The minimum Gasteiger partial charge on any atom is -0.497 e. The molecule has 1 aliphatic rings. The number of carbonyl (C=O) groups is 1. The smallest absolute Gasteiger partial charge is 0.170 e. The molecule has 1 saturated heterocycles. The summed E-state index contributed by atoms with van der Waals surface area (Å²) in [4.78, 5) is 13.1. The largest absolute Gasteiger partial charge is 0.497 e. The third kappa shape index (κ3) is 2.88. The summed E-state index contributed by atoms with van der Waals surface area (Å²) in [7, 11) is 1.65. The van der Waals surface area contributed by atoms with E-state index in [1.807, 2.05) is 25.1 Å². The van der Waals surface area contributed by atoms with E-state index in [-0.39, 0.29) is 5.41 Å². The van der Waals surface area contributed by atoms with Crippen molar-refractivity contribution in [3.8, 4) is 5.75 Å². The molecule has 1 unspecified atom stereocenters. The normalized spacial score (nSPS) is 22.6. The van der Waals surface area contributed by atoms with Crippen molar-refractivity contribution in [2.75, 3.05) is 20.2 Å². The Morgan fingerprint density at radius 3 is 2.80 bits per heavy atom. The van der Waals surface area contributed by atoms with Crippen molar-refractivity contribution in [3.05, 3.63) is 29.3 Å². The van der Waals surface area contributed by atoms with Crippen LogP contribution in [0.5, 0.6) is 5.75 Å². The number of hydrogen-bond donors (Lipinski definition) is 1. The summed E-state index contributed by atoms with van der Waals surface area (Å²) in [5.74, 6) is 1.11. The zero-order valence-corrected chi connectivity index (χ0v) is 12.8. The SMILES string of the molecule is CCCC1(C(=O)c2ccc(OC)cc2C)CCCNC1. The predicted molar refractivity (Wildman–Crippen MR) is 81.5 cm³/mol. The number of aryl methyl sites for hydroxylation is 1. The average molecular weight is 275 g/mol. The molecule has 1 aliphatic heterocycles. The summed E-state index contributed by atoms with van der Waals surface area (Å²) in [5, 5.41) is 3.41. The van der Waals surface area contributed by atoms with Gasteiger partial charge in [0.2, 0.25) is 0 Å². The van der Waals surface area contributed by atoms with Gasteiger partial charge in [0.05, 0.1) is 7.11 Å². The molecule has 2 rings (SSSR count). The molecule has 1 aromatic carbocycles. The molecule has 0 saturated carbocycles. The molecule has 0 aromatic heterocycles. The van der Waals surface area contributed by atoms with E-state index in [0.29, 0.717) is 5.78 Å². The molecule has 1 N–H and O–H groups in total. The number of methoxy groups -OCH3 is 1. The van der Waals surface area contributed by atoms with Crippen LogP contribution in [-0.4, -0.2) is 26.0 Å². The zero-order chi connectivity index (χ0) is 14.6. The highest BCUT2D eigenvalue weighted by atomic mass is 16.5. The maximum absolute atomic E-state index is 13.1. The van der Waals surface area contributed by atoms with Crippen molar-refractivity contribution >= 4 is 5.78 Å². The van der Waals surface area contributed by atoms with Gasteiger partial charge in [-0.1, -0.05) is 13.3 Å². The molecule has 1 heterocycles. The number of nitrogens with one attached hydrogen (secondary N) is 1. The number of ether oxygens (including phenoxy) is 1. The number of piperidine rings is 1. The van der Waals surface area contributed by atoms with Crippen molar-refractivity contribution in [2.45, 2.75) is 39.5 Å². The predicted octanol–water partition coefficient (Wildman–Crippen LogP) is 3.36. The van der Waals surface area contributed by atoms with Gasteiger partial charge in [0.15, 0.2) is 5.78 Å². The molecule has 0 radical (unpaired) electrons. The van der Waals surface area contributed by atoms with Crippen molar-refractivity contribution < 1.29 is 9.53 Å². The van der Waals surface area contributed by atoms with Crippen LogP contribution < -0.4 is 10.1 Å². The van der Waals surface area contributed by atoms with Gasteiger partial charge in [0.25, 0.3) is 0 Å². The van der Waals surface area contributed by atoms with Crippen LogP contribution in [0.2, 0.25) is 0 Å². The highest BCUT2D eigenvalue weighted by Crippen LogP contribution is 2.36. The minimum absolute atomic E-state index is 0.216. The van der Waals surface area contributed by atoms with Crippen LogP contribution in [0.4, 0.5) is 0 Å². The maximum Gasteiger partial charge on any atom is 0.170 e. The van der Waals surface area contributed by atoms with Crippen LogP contribution in [-0.2, 0) is 0 Å². The first-order chi connectivity index (χ1) is 9.63. The molecule has 3 nitrogen and oxygen atoms in total. The molecule has 1 aromatic rings. The summed E-state index contributed by atoms with van der Waals surface area (Å²) in [5.41, 5.74) is 1.64. The number of hydrogen-bond acceptors (Lipinski definition) is 3. The summed E-state index contributed by atoms with van der Waals surface area (Å²) < 4.78 is 5.22. The fourth-order valence-corrected chi connectivity index (χ4v) is 3.27. The molecule has 0 aliphatic carbocycles. The monoisotopic (exact) mass is 275 g/mol. The zero-order valence-electron chi connectivity index (χ0n) is 12.8. The van der Waals surface area contributed by atoms with Gasteiger partial charge in [-0.2, -0.15) is 0 Å².